The van der Waals surface area contributed by atoms with E-state index >= 15 is 0 Å². The van der Waals surface area contributed by atoms with Gasteiger partial charge in [-0.05, 0) is 55.9 Å². The van der Waals surface area contributed by atoms with Crippen molar-refractivity contribution in [1.29, 1.82) is 0 Å². The summed E-state index contributed by atoms with van der Waals surface area (Å²) in [7, 11) is 0. The number of hydrogen-bond acceptors (Lipinski definition) is 4. The Kier molecular flexibility index (Phi) is 5.41. The summed E-state index contributed by atoms with van der Waals surface area (Å²) in [5, 5.41) is 0.671. The van der Waals surface area contributed by atoms with Crippen molar-refractivity contribution in [3.8, 4) is 0 Å². The maximum Gasteiger partial charge on any atom is 0.341 e. The van der Waals surface area contributed by atoms with Crippen LogP contribution in [0.2, 0.25) is 0 Å². The van der Waals surface area contributed by atoms with E-state index in [0.717, 1.165) is 31.2 Å². The zero-order valence-electron chi connectivity index (χ0n) is 13.7. The normalized spacial score (nSPS) is 14.4. The summed E-state index contributed by atoms with van der Waals surface area (Å²) in [5.41, 5.74) is 2.38. The highest BCUT2D eigenvalue weighted by molar-refractivity contribution is 7.16. The van der Waals surface area contributed by atoms with Gasteiger partial charge in [0.25, 0.3) is 0 Å². The quantitative estimate of drug-likeness (QED) is 0.440. The molecular formula is C19H20FNO2S. The fourth-order valence-electron chi connectivity index (χ4n) is 2.95. The minimum atomic E-state index is -0.303. The molecule has 0 atom stereocenters. The van der Waals surface area contributed by atoms with Crippen molar-refractivity contribution in [3.63, 3.8) is 0 Å². The van der Waals surface area contributed by atoms with Crippen LogP contribution in [-0.4, -0.2) is 18.8 Å². The highest BCUT2D eigenvalue weighted by atomic mass is 32.1. The first-order chi connectivity index (χ1) is 11.7. The van der Waals surface area contributed by atoms with Crippen molar-refractivity contribution in [3.05, 3.63) is 51.7 Å². The van der Waals surface area contributed by atoms with Crippen LogP contribution in [0.1, 0.15) is 52.5 Å². The minimum Gasteiger partial charge on any atom is -0.462 e. The second-order valence-electron chi connectivity index (χ2n) is 5.78. The lowest BCUT2D eigenvalue weighted by Gasteiger charge is -2.05. The number of carbonyl (C=O) groups is 1. The highest BCUT2D eigenvalue weighted by Crippen LogP contribution is 2.39. The molecule has 24 heavy (non-hydrogen) atoms. The van der Waals surface area contributed by atoms with Gasteiger partial charge in [0.15, 0.2) is 0 Å². The largest absolute Gasteiger partial charge is 0.462 e. The number of halogens is 1. The van der Waals surface area contributed by atoms with Crippen LogP contribution in [-0.2, 0) is 17.6 Å². The molecule has 1 aliphatic rings. The number of aryl methyl sites for hydroxylation is 1. The van der Waals surface area contributed by atoms with Crippen molar-refractivity contribution in [2.75, 3.05) is 6.61 Å². The predicted octanol–water partition coefficient (Wildman–Crippen LogP) is 5.08. The number of esters is 1. The third-order valence-electron chi connectivity index (χ3n) is 4.06. The summed E-state index contributed by atoms with van der Waals surface area (Å²) in [6.45, 7) is 2.15. The van der Waals surface area contributed by atoms with Crippen LogP contribution in [0.4, 0.5) is 9.39 Å². The van der Waals surface area contributed by atoms with E-state index in [-0.39, 0.29) is 11.8 Å². The Balaban J connectivity index is 1.98. The molecule has 0 bridgehead atoms. The van der Waals surface area contributed by atoms with Crippen molar-refractivity contribution >= 4 is 28.5 Å². The van der Waals surface area contributed by atoms with Crippen LogP contribution in [0.3, 0.4) is 0 Å². The smallest absolute Gasteiger partial charge is 0.341 e. The Morgan fingerprint density at radius 2 is 2.17 bits per heavy atom. The molecule has 0 spiro atoms. The van der Waals surface area contributed by atoms with Crippen LogP contribution in [0.5, 0.6) is 0 Å². The van der Waals surface area contributed by atoms with Gasteiger partial charge in [0, 0.05) is 11.1 Å². The van der Waals surface area contributed by atoms with Gasteiger partial charge < -0.3 is 4.74 Å². The molecule has 3 rings (SSSR count). The molecule has 1 aromatic heterocycles. The lowest BCUT2D eigenvalue weighted by Crippen LogP contribution is -2.07. The van der Waals surface area contributed by atoms with Gasteiger partial charge >= 0.3 is 5.97 Å². The molecule has 0 aliphatic heterocycles. The Morgan fingerprint density at radius 3 is 2.96 bits per heavy atom. The standard InChI is InChI=1S/C19H20FNO2S/c1-2-23-19(22)17-15-9-4-3-5-10-16(15)24-18(17)21-12-13-7-6-8-14(20)11-13/h6-8,11-12H,2-5,9-10H2,1H3/b21-12+. The van der Waals surface area contributed by atoms with E-state index < -0.39 is 0 Å². The van der Waals surface area contributed by atoms with Crippen molar-refractivity contribution < 1.29 is 13.9 Å². The lowest BCUT2D eigenvalue weighted by molar-refractivity contribution is 0.0526. The molecule has 126 valence electrons. The third-order valence-corrected chi connectivity index (χ3v) is 5.26. The first-order valence-electron chi connectivity index (χ1n) is 8.30. The summed E-state index contributed by atoms with van der Waals surface area (Å²) in [6, 6.07) is 6.25. The van der Waals surface area contributed by atoms with Crippen LogP contribution >= 0.6 is 11.3 Å². The maximum absolute atomic E-state index is 13.3. The van der Waals surface area contributed by atoms with Gasteiger partial charge in [0.1, 0.15) is 10.8 Å². The maximum atomic E-state index is 13.3. The average molecular weight is 345 g/mol. The number of ether oxygens (including phenoxy) is 1. The Hall–Kier alpha value is -2.01. The summed E-state index contributed by atoms with van der Waals surface area (Å²) in [4.78, 5) is 18.1. The fourth-order valence-corrected chi connectivity index (χ4v) is 4.17. The lowest BCUT2D eigenvalue weighted by atomic mass is 10.1. The van der Waals surface area contributed by atoms with E-state index in [1.165, 1.54) is 23.4 Å². The van der Waals surface area contributed by atoms with Gasteiger partial charge in [0.2, 0.25) is 0 Å². The predicted molar refractivity (Wildman–Crippen MR) is 95.2 cm³/mol. The van der Waals surface area contributed by atoms with E-state index in [1.54, 1.807) is 36.6 Å². The van der Waals surface area contributed by atoms with Crippen molar-refractivity contribution in [2.45, 2.75) is 39.0 Å². The number of aliphatic imine (C=N–C) groups is 1. The Morgan fingerprint density at radius 1 is 1.33 bits per heavy atom. The first kappa shape index (κ1) is 16.8. The minimum absolute atomic E-state index is 0.300. The average Bonchev–Trinajstić information content (AvgIpc) is 2.75. The Bertz CT molecular complexity index is 767. The van der Waals surface area contributed by atoms with Crippen molar-refractivity contribution in [1.82, 2.24) is 0 Å². The molecule has 0 fully saturated rings. The number of carbonyl (C=O) groups excluding carboxylic acids is 1. The fraction of sp³-hybridized carbons (Fsp3) is 0.368. The molecule has 0 N–H and O–H groups in total. The molecule has 3 nitrogen and oxygen atoms in total. The summed E-state index contributed by atoms with van der Waals surface area (Å²) in [6.07, 6.45) is 6.91. The third kappa shape index (κ3) is 3.73. The highest BCUT2D eigenvalue weighted by Gasteiger charge is 2.25. The van der Waals surface area contributed by atoms with Crippen LogP contribution in [0, 0.1) is 5.82 Å². The van der Waals surface area contributed by atoms with Gasteiger partial charge in [-0.3, -0.25) is 0 Å². The molecule has 0 saturated heterocycles. The van der Waals surface area contributed by atoms with Crippen molar-refractivity contribution in [2.24, 2.45) is 4.99 Å². The molecular weight excluding hydrogens is 325 g/mol. The number of benzene rings is 1. The molecule has 0 amide bonds. The van der Waals surface area contributed by atoms with Crippen LogP contribution < -0.4 is 0 Å². The van der Waals surface area contributed by atoms with Gasteiger partial charge in [-0.2, -0.15) is 0 Å². The molecule has 1 heterocycles. The second-order valence-corrected chi connectivity index (χ2v) is 6.86. The van der Waals surface area contributed by atoms with E-state index in [4.69, 9.17) is 4.74 Å². The summed E-state index contributed by atoms with van der Waals surface area (Å²) >= 11 is 1.56. The van der Waals surface area contributed by atoms with Crippen LogP contribution in [0.25, 0.3) is 0 Å². The van der Waals surface area contributed by atoms with E-state index in [9.17, 15) is 9.18 Å². The number of thiophene rings is 1. The number of nitrogens with zero attached hydrogens (tertiary/aromatic N) is 1. The van der Waals surface area contributed by atoms with E-state index in [0.29, 0.717) is 22.7 Å². The molecule has 1 aromatic carbocycles. The molecule has 2 aromatic rings. The molecule has 0 unspecified atom stereocenters. The number of hydrogen-bond donors (Lipinski definition) is 0. The first-order valence-corrected chi connectivity index (χ1v) is 9.12. The molecule has 0 radical (unpaired) electrons. The molecule has 5 heteroatoms. The summed E-state index contributed by atoms with van der Waals surface area (Å²) < 4.78 is 18.5. The molecule has 1 aliphatic carbocycles. The number of fused-ring (bicyclic) bond motifs is 1. The zero-order valence-corrected chi connectivity index (χ0v) is 14.5. The van der Waals surface area contributed by atoms with Gasteiger partial charge in [-0.1, -0.05) is 18.6 Å². The Labute approximate surface area is 145 Å². The summed E-state index contributed by atoms with van der Waals surface area (Å²) in [5.74, 6) is -0.602. The number of rotatable bonds is 4. The SMILES string of the molecule is CCOC(=O)c1c(/N=C/c2cccc(F)c2)sc2c1CCCCC2. The van der Waals surface area contributed by atoms with E-state index in [2.05, 4.69) is 4.99 Å². The van der Waals surface area contributed by atoms with Gasteiger partial charge in [0.05, 0.1) is 12.2 Å². The van der Waals surface area contributed by atoms with E-state index in [1.807, 2.05) is 0 Å². The van der Waals surface area contributed by atoms with Gasteiger partial charge in [-0.15, -0.1) is 11.3 Å². The van der Waals surface area contributed by atoms with Gasteiger partial charge in [-0.25, -0.2) is 14.2 Å². The monoisotopic (exact) mass is 345 g/mol. The second kappa shape index (κ2) is 7.71. The zero-order chi connectivity index (χ0) is 16.9. The topological polar surface area (TPSA) is 38.7 Å². The molecule has 0 saturated carbocycles. The van der Waals surface area contributed by atoms with Crippen LogP contribution in [0.15, 0.2) is 29.3 Å².